The van der Waals surface area contributed by atoms with Gasteiger partial charge in [-0.3, -0.25) is 9.59 Å². The molecule has 1 unspecified atom stereocenters. The van der Waals surface area contributed by atoms with Crippen molar-refractivity contribution >= 4 is 21.7 Å². The zero-order valence-electron chi connectivity index (χ0n) is 11.9. The Bertz CT molecular complexity index is 668. The van der Waals surface area contributed by atoms with Crippen LogP contribution in [0.3, 0.4) is 0 Å². The standard InChI is InChI=1S/C14H17NO5S/c1-3-20-14-8-7-13(17)15(14)21(18,19)12-6-4-5-11(9-12)10(2)16/h4-6,9,14H,3,7-8H2,1-2H3. The second-order valence-electron chi connectivity index (χ2n) is 4.73. The Balaban J connectivity index is 2.43. The van der Waals surface area contributed by atoms with Crippen molar-refractivity contribution in [3.8, 4) is 0 Å². The minimum absolute atomic E-state index is 0.0739. The van der Waals surface area contributed by atoms with Crippen molar-refractivity contribution in [3.63, 3.8) is 0 Å². The molecule has 1 saturated heterocycles. The van der Waals surface area contributed by atoms with Crippen LogP contribution in [0.15, 0.2) is 29.2 Å². The number of carbonyl (C=O) groups excluding carboxylic acids is 2. The highest BCUT2D eigenvalue weighted by Gasteiger charge is 2.41. The van der Waals surface area contributed by atoms with Gasteiger partial charge in [-0.25, -0.2) is 12.7 Å². The number of hydrogen-bond acceptors (Lipinski definition) is 5. The largest absolute Gasteiger partial charge is 0.357 e. The van der Waals surface area contributed by atoms with Crippen molar-refractivity contribution < 1.29 is 22.7 Å². The monoisotopic (exact) mass is 311 g/mol. The molecule has 1 aromatic carbocycles. The second kappa shape index (κ2) is 5.95. The van der Waals surface area contributed by atoms with Crippen LogP contribution in [-0.2, 0) is 19.6 Å². The first-order valence-electron chi connectivity index (χ1n) is 6.67. The van der Waals surface area contributed by atoms with Crippen LogP contribution in [0.2, 0.25) is 0 Å². The molecule has 1 aromatic rings. The Labute approximate surface area is 123 Å². The highest BCUT2D eigenvalue weighted by molar-refractivity contribution is 7.89. The second-order valence-corrected chi connectivity index (χ2v) is 6.54. The molecule has 1 fully saturated rings. The highest BCUT2D eigenvalue weighted by atomic mass is 32.2. The lowest BCUT2D eigenvalue weighted by Gasteiger charge is -2.24. The SMILES string of the molecule is CCOC1CCC(=O)N1S(=O)(=O)c1cccc(C(C)=O)c1. The van der Waals surface area contributed by atoms with Crippen LogP contribution >= 0.6 is 0 Å². The van der Waals surface area contributed by atoms with Crippen LogP contribution < -0.4 is 0 Å². The predicted molar refractivity (Wildman–Crippen MR) is 75.1 cm³/mol. The van der Waals surface area contributed by atoms with Gasteiger partial charge in [0, 0.05) is 25.0 Å². The quantitative estimate of drug-likeness (QED) is 0.771. The van der Waals surface area contributed by atoms with E-state index in [4.69, 9.17) is 4.74 Å². The lowest BCUT2D eigenvalue weighted by Crippen LogP contribution is -2.40. The molecule has 1 aliphatic heterocycles. The molecule has 0 radical (unpaired) electrons. The molecule has 0 saturated carbocycles. The molecule has 21 heavy (non-hydrogen) atoms. The van der Waals surface area contributed by atoms with Gasteiger partial charge in [-0.1, -0.05) is 12.1 Å². The molecule has 7 heteroatoms. The maximum absolute atomic E-state index is 12.6. The fraction of sp³-hybridized carbons (Fsp3) is 0.429. The molecule has 114 valence electrons. The van der Waals surface area contributed by atoms with Gasteiger partial charge < -0.3 is 4.74 Å². The summed E-state index contributed by atoms with van der Waals surface area (Å²) in [7, 11) is -4.01. The number of sulfonamides is 1. The van der Waals surface area contributed by atoms with Gasteiger partial charge in [-0.2, -0.15) is 0 Å². The Hall–Kier alpha value is -1.73. The van der Waals surface area contributed by atoms with Crippen LogP contribution in [0, 0.1) is 0 Å². The number of carbonyl (C=O) groups is 2. The number of rotatable bonds is 5. The molecule has 0 spiro atoms. The van der Waals surface area contributed by atoms with Crippen molar-refractivity contribution in [2.75, 3.05) is 6.61 Å². The maximum Gasteiger partial charge on any atom is 0.268 e. The van der Waals surface area contributed by atoms with Crippen LogP contribution in [0.25, 0.3) is 0 Å². The summed E-state index contributed by atoms with van der Waals surface area (Å²) in [6.07, 6.45) is -0.289. The van der Waals surface area contributed by atoms with Crippen molar-refractivity contribution in [1.82, 2.24) is 4.31 Å². The van der Waals surface area contributed by atoms with Crippen molar-refractivity contribution in [2.24, 2.45) is 0 Å². The molecule has 0 bridgehead atoms. The molecule has 0 aliphatic carbocycles. The molecular formula is C14H17NO5S. The summed E-state index contributed by atoms with van der Waals surface area (Å²) in [5.41, 5.74) is 0.288. The predicted octanol–water partition coefficient (Wildman–Crippen LogP) is 1.56. The normalized spacial score (nSPS) is 19.0. The van der Waals surface area contributed by atoms with E-state index in [0.717, 1.165) is 4.31 Å². The molecule has 1 amide bonds. The van der Waals surface area contributed by atoms with Gasteiger partial charge in [-0.15, -0.1) is 0 Å². The number of benzene rings is 1. The smallest absolute Gasteiger partial charge is 0.268 e. The third kappa shape index (κ3) is 2.98. The van der Waals surface area contributed by atoms with E-state index < -0.39 is 22.2 Å². The minimum Gasteiger partial charge on any atom is -0.357 e. The summed E-state index contributed by atoms with van der Waals surface area (Å²) in [6.45, 7) is 3.41. The van der Waals surface area contributed by atoms with E-state index in [1.165, 1.54) is 31.2 Å². The first-order valence-corrected chi connectivity index (χ1v) is 8.11. The number of ketones is 1. The van der Waals surface area contributed by atoms with Crippen LogP contribution in [0.1, 0.15) is 37.0 Å². The number of Topliss-reactive ketones (excluding diaryl/α,β-unsaturated/α-hetero) is 1. The molecule has 1 atom stereocenters. The summed E-state index contributed by atoms with van der Waals surface area (Å²) >= 11 is 0. The fourth-order valence-corrected chi connectivity index (χ4v) is 3.85. The summed E-state index contributed by atoms with van der Waals surface area (Å²) in [6, 6.07) is 5.68. The molecule has 0 N–H and O–H groups in total. The van der Waals surface area contributed by atoms with Crippen LogP contribution in [0.4, 0.5) is 0 Å². The van der Waals surface area contributed by atoms with E-state index in [0.29, 0.717) is 13.0 Å². The van der Waals surface area contributed by atoms with Gasteiger partial charge in [0.15, 0.2) is 5.78 Å². The Kier molecular flexibility index (Phi) is 4.43. The number of hydrogen-bond donors (Lipinski definition) is 0. The molecule has 1 heterocycles. The van der Waals surface area contributed by atoms with Gasteiger partial charge >= 0.3 is 0 Å². The van der Waals surface area contributed by atoms with Gasteiger partial charge in [0.05, 0.1) is 4.90 Å². The zero-order valence-corrected chi connectivity index (χ0v) is 12.7. The summed E-state index contributed by atoms with van der Waals surface area (Å²) in [5.74, 6) is -0.720. The minimum atomic E-state index is -4.01. The lowest BCUT2D eigenvalue weighted by molar-refractivity contribution is -0.128. The van der Waals surface area contributed by atoms with E-state index >= 15 is 0 Å². The summed E-state index contributed by atoms with van der Waals surface area (Å²) in [4.78, 5) is 23.2. The van der Waals surface area contributed by atoms with Gasteiger partial charge in [-0.05, 0) is 26.0 Å². The fourth-order valence-electron chi connectivity index (χ4n) is 2.26. The van der Waals surface area contributed by atoms with Crippen LogP contribution in [0.5, 0.6) is 0 Å². The molecule has 6 nitrogen and oxygen atoms in total. The van der Waals surface area contributed by atoms with E-state index in [1.54, 1.807) is 6.92 Å². The lowest BCUT2D eigenvalue weighted by atomic mass is 10.2. The summed E-state index contributed by atoms with van der Waals surface area (Å²) in [5, 5.41) is 0. The van der Waals surface area contributed by atoms with E-state index in [2.05, 4.69) is 0 Å². The van der Waals surface area contributed by atoms with Crippen molar-refractivity contribution in [3.05, 3.63) is 29.8 Å². The van der Waals surface area contributed by atoms with Crippen molar-refractivity contribution in [1.29, 1.82) is 0 Å². The van der Waals surface area contributed by atoms with Crippen molar-refractivity contribution in [2.45, 2.75) is 37.8 Å². The number of ether oxygens (including phenoxy) is 1. The average molecular weight is 311 g/mol. The highest BCUT2D eigenvalue weighted by Crippen LogP contribution is 2.28. The molecule has 1 aliphatic rings. The third-order valence-corrected chi connectivity index (χ3v) is 5.08. The molecular weight excluding hydrogens is 294 g/mol. The zero-order chi connectivity index (χ0) is 15.6. The Morgan fingerprint density at radius 2 is 2.14 bits per heavy atom. The number of amides is 1. The van der Waals surface area contributed by atoms with Gasteiger partial charge in [0.2, 0.25) is 5.91 Å². The Morgan fingerprint density at radius 1 is 1.43 bits per heavy atom. The van der Waals surface area contributed by atoms with Gasteiger partial charge in [0.1, 0.15) is 6.23 Å². The van der Waals surface area contributed by atoms with E-state index in [-0.39, 0.29) is 22.7 Å². The topological polar surface area (TPSA) is 80.8 Å². The summed E-state index contributed by atoms with van der Waals surface area (Å²) < 4.78 is 31.4. The molecule has 0 aromatic heterocycles. The average Bonchev–Trinajstić information content (AvgIpc) is 2.81. The van der Waals surface area contributed by atoms with Gasteiger partial charge in [0.25, 0.3) is 10.0 Å². The van der Waals surface area contributed by atoms with E-state index in [9.17, 15) is 18.0 Å². The number of nitrogens with zero attached hydrogens (tertiary/aromatic N) is 1. The first kappa shape index (κ1) is 15.7. The van der Waals surface area contributed by atoms with E-state index in [1.807, 2.05) is 0 Å². The maximum atomic E-state index is 12.6. The third-order valence-electron chi connectivity index (χ3n) is 3.27. The first-order chi connectivity index (χ1) is 9.87. The molecule has 2 rings (SSSR count). The van der Waals surface area contributed by atoms with Crippen LogP contribution in [-0.4, -0.2) is 37.2 Å². The Morgan fingerprint density at radius 3 is 2.76 bits per heavy atom.